The van der Waals surface area contributed by atoms with Gasteiger partial charge in [-0.15, -0.1) is 11.3 Å². The molecule has 1 aliphatic rings. The highest BCUT2D eigenvalue weighted by Crippen LogP contribution is 2.39. The summed E-state index contributed by atoms with van der Waals surface area (Å²) in [7, 11) is 0. The third kappa shape index (κ3) is 5.03. The zero-order valence-electron chi connectivity index (χ0n) is 19.5. The Labute approximate surface area is 220 Å². The predicted octanol–water partition coefficient (Wildman–Crippen LogP) is 6.49. The summed E-state index contributed by atoms with van der Waals surface area (Å²) in [6, 6.07) is 17.2. The lowest BCUT2D eigenvalue weighted by Crippen LogP contribution is -2.34. The maximum atomic E-state index is 13.9. The largest absolute Gasteiger partial charge is 0.369 e. The lowest BCUT2D eigenvalue weighted by molar-refractivity contribution is -0.0543. The molecule has 0 spiro atoms. The average Bonchev–Trinajstić information content (AvgIpc) is 3.23. The molecule has 0 saturated heterocycles. The summed E-state index contributed by atoms with van der Waals surface area (Å²) in [5.74, 6) is 0.205. The number of ether oxygens (including phenoxy) is 1. The minimum atomic E-state index is -0.276. The molecular weight excluding hydrogens is 544 g/mol. The molecule has 5 nitrogen and oxygen atoms in total. The number of benzene rings is 2. The molecule has 0 aliphatic carbocycles. The fourth-order valence-electron chi connectivity index (χ4n) is 4.23. The van der Waals surface area contributed by atoms with Gasteiger partial charge in [-0.3, -0.25) is 14.2 Å². The summed E-state index contributed by atoms with van der Waals surface area (Å²) in [5.41, 5.74) is 2.41. The van der Waals surface area contributed by atoms with E-state index in [2.05, 4.69) is 29.8 Å². The Morgan fingerprint density at radius 2 is 1.94 bits per heavy atom. The smallest absolute Gasteiger partial charge is 0.263 e. The topological polar surface area (TPSA) is 61.2 Å². The zero-order chi connectivity index (χ0) is 24.6. The molecule has 0 bridgehead atoms. The third-order valence-electron chi connectivity index (χ3n) is 6.49. The van der Waals surface area contributed by atoms with E-state index in [9.17, 15) is 9.59 Å². The van der Waals surface area contributed by atoms with Gasteiger partial charge in [0.2, 0.25) is 0 Å². The molecule has 0 N–H and O–H groups in total. The van der Waals surface area contributed by atoms with Crippen LogP contribution >= 0.6 is 39.0 Å². The Balaban J connectivity index is 1.55. The second kappa shape index (κ2) is 10.0. The van der Waals surface area contributed by atoms with Crippen LogP contribution in [0.5, 0.6) is 0 Å². The van der Waals surface area contributed by atoms with Gasteiger partial charge in [0.15, 0.2) is 10.9 Å². The molecule has 2 aromatic carbocycles. The first-order valence-corrected chi connectivity index (χ1v) is 14.1. The average molecular weight is 570 g/mol. The highest BCUT2D eigenvalue weighted by molar-refractivity contribution is 9.10. The minimum Gasteiger partial charge on any atom is -0.369 e. The Morgan fingerprint density at radius 3 is 2.66 bits per heavy atom. The maximum absolute atomic E-state index is 13.9. The lowest BCUT2D eigenvalue weighted by Gasteiger charge is -2.32. The van der Waals surface area contributed by atoms with Gasteiger partial charge >= 0.3 is 0 Å². The van der Waals surface area contributed by atoms with Crippen LogP contribution in [-0.4, -0.2) is 26.7 Å². The first-order valence-electron chi connectivity index (χ1n) is 11.5. The molecule has 0 saturated carbocycles. The highest BCUT2D eigenvalue weighted by atomic mass is 79.9. The van der Waals surface area contributed by atoms with Gasteiger partial charge in [-0.1, -0.05) is 77.1 Å². The predicted molar refractivity (Wildman–Crippen MR) is 146 cm³/mol. The molecule has 0 amide bonds. The molecule has 1 atom stereocenters. The molecule has 2 aromatic heterocycles. The number of carbonyl (C=O) groups excluding carboxylic acids is 1. The monoisotopic (exact) mass is 568 g/mol. The molecule has 35 heavy (non-hydrogen) atoms. The van der Waals surface area contributed by atoms with Crippen molar-refractivity contribution in [3.05, 3.63) is 91.0 Å². The van der Waals surface area contributed by atoms with Crippen LogP contribution in [0.25, 0.3) is 10.2 Å². The number of rotatable bonds is 7. The van der Waals surface area contributed by atoms with E-state index in [1.165, 1.54) is 23.1 Å². The summed E-state index contributed by atoms with van der Waals surface area (Å²) in [6.07, 6.45) is 1.58. The van der Waals surface area contributed by atoms with Gasteiger partial charge < -0.3 is 4.74 Å². The second-order valence-electron chi connectivity index (χ2n) is 8.94. The molecular formula is C27H25BrN2O3S2. The van der Waals surface area contributed by atoms with E-state index in [-0.39, 0.29) is 22.7 Å². The standard InChI is InChI=1S/C27H25BrN2O3S2/c1-3-27(2)13-20-22(15-33-27)35-24-23(20)25(32)30(14-17-7-5-4-6-8-17)26(29-24)34-16-21(31)18-9-11-19(28)12-10-18/h4-12H,3,13-16H2,1-2H3/t27-/m0/s1. The van der Waals surface area contributed by atoms with Crippen LogP contribution in [0.15, 0.2) is 69.0 Å². The van der Waals surface area contributed by atoms with Crippen molar-refractivity contribution in [3.63, 3.8) is 0 Å². The maximum Gasteiger partial charge on any atom is 0.263 e. The summed E-state index contributed by atoms with van der Waals surface area (Å²) in [6.45, 7) is 5.13. The fourth-order valence-corrected chi connectivity index (χ4v) is 6.53. The van der Waals surface area contributed by atoms with Gasteiger partial charge in [0.25, 0.3) is 5.56 Å². The molecule has 5 rings (SSSR count). The fraction of sp³-hybridized carbons (Fsp3) is 0.296. The minimum absolute atomic E-state index is 0.000642. The number of nitrogens with zero attached hydrogens (tertiary/aromatic N) is 2. The van der Waals surface area contributed by atoms with Crippen molar-refractivity contribution in [1.82, 2.24) is 9.55 Å². The van der Waals surface area contributed by atoms with Crippen LogP contribution in [-0.2, 0) is 24.3 Å². The SMILES string of the molecule is CC[C@@]1(C)Cc2c(sc3nc(SCC(=O)c4ccc(Br)cc4)n(Cc4ccccc4)c(=O)c23)CO1. The molecule has 0 radical (unpaired) electrons. The Kier molecular flexibility index (Phi) is 6.99. The van der Waals surface area contributed by atoms with Crippen LogP contribution < -0.4 is 5.56 Å². The van der Waals surface area contributed by atoms with Crippen LogP contribution in [0.1, 0.15) is 46.6 Å². The number of thioether (sulfide) groups is 1. The van der Waals surface area contributed by atoms with Crippen LogP contribution in [0.4, 0.5) is 0 Å². The quantitative estimate of drug-likeness (QED) is 0.145. The van der Waals surface area contributed by atoms with E-state index < -0.39 is 0 Å². The van der Waals surface area contributed by atoms with E-state index in [4.69, 9.17) is 9.72 Å². The Bertz CT molecular complexity index is 1450. The van der Waals surface area contributed by atoms with Crippen molar-refractivity contribution in [3.8, 4) is 0 Å². The lowest BCUT2D eigenvalue weighted by atomic mass is 9.90. The Morgan fingerprint density at radius 1 is 1.20 bits per heavy atom. The number of Topliss-reactive ketones (excluding diaryl/α,β-unsaturated/α-hetero) is 1. The molecule has 8 heteroatoms. The summed E-state index contributed by atoms with van der Waals surface area (Å²) < 4.78 is 8.77. The molecule has 4 aromatic rings. The van der Waals surface area contributed by atoms with Gasteiger partial charge in [-0.25, -0.2) is 4.98 Å². The molecule has 1 aliphatic heterocycles. The molecule has 180 valence electrons. The third-order valence-corrected chi connectivity index (χ3v) is 9.10. The Hall–Kier alpha value is -2.26. The van der Waals surface area contributed by atoms with Gasteiger partial charge in [-0.05, 0) is 36.6 Å². The van der Waals surface area contributed by atoms with Crippen LogP contribution in [0.2, 0.25) is 0 Å². The number of aromatic nitrogens is 2. The van der Waals surface area contributed by atoms with Crippen LogP contribution in [0, 0.1) is 0 Å². The first-order chi connectivity index (χ1) is 16.9. The second-order valence-corrected chi connectivity index (χ2v) is 11.9. The number of carbonyl (C=O) groups is 1. The van der Waals surface area contributed by atoms with Crippen molar-refractivity contribution in [2.24, 2.45) is 0 Å². The summed E-state index contributed by atoms with van der Waals surface area (Å²) >= 11 is 6.26. The number of thiophene rings is 1. The zero-order valence-corrected chi connectivity index (χ0v) is 22.8. The first kappa shape index (κ1) is 24.4. The van der Waals surface area contributed by atoms with Crippen molar-refractivity contribution >= 4 is 55.0 Å². The van der Waals surface area contributed by atoms with Gasteiger partial charge in [-0.2, -0.15) is 0 Å². The number of hydrogen-bond acceptors (Lipinski definition) is 6. The van der Waals surface area contributed by atoms with Gasteiger partial charge in [0.05, 0.1) is 29.9 Å². The molecule has 0 fully saturated rings. The van der Waals surface area contributed by atoms with E-state index in [1.807, 2.05) is 42.5 Å². The van der Waals surface area contributed by atoms with E-state index in [1.54, 1.807) is 16.7 Å². The van der Waals surface area contributed by atoms with Crippen molar-refractivity contribution in [2.45, 2.75) is 50.6 Å². The summed E-state index contributed by atoms with van der Waals surface area (Å²) in [4.78, 5) is 33.5. The van der Waals surface area contributed by atoms with E-state index in [0.29, 0.717) is 35.7 Å². The number of hydrogen-bond donors (Lipinski definition) is 0. The van der Waals surface area contributed by atoms with Crippen molar-refractivity contribution in [2.75, 3.05) is 5.75 Å². The van der Waals surface area contributed by atoms with E-state index in [0.717, 1.165) is 31.7 Å². The summed E-state index contributed by atoms with van der Waals surface area (Å²) in [5, 5.41) is 1.27. The number of halogens is 1. The van der Waals surface area contributed by atoms with Gasteiger partial charge in [0.1, 0.15) is 4.83 Å². The van der Waals surface area contributed by atoms with Crippen LogP contribution in [0.3, 0.4) is 0 Å². The number of ketones is 1. The van der Waals surface area contributed by atoms with E-state index >= 15 is 0 Å². The van der Waals surface area contributed by atoms with Gasteiger partial charge in [0, 0.05) is 21.3 Å². The molecule has 3 heterocycles. The van der Waals surface area contributed by atoms with Crippen molar-refractivity contribution < 1.29 is 9.53 Å². The highest BCUT2D eigenvalue weighted by Gasteiger charge is 2.33. The number of fused-ring (bicyclic) bond motifs is 3. The van der Waals surface area contributed by atoms with Crippen molar-refractivity contribution in [1.29, 1.82) is 0 Å². The molecule has 0 unspecified atom stereocenters. The normalized spacial score (nSPS) is 17.5.